The van der Waals surface area contributed by atoms with E-state index >= 15 is 0 Å². The molecule has 8 heteroatoms. The first-order valence-electron chi connectivity index (χ1n) is 8.25. The van der Waals surface area contributed by atoms with E-state index in [1.807, 2.05) is 41.8 Å². The SMILES string of the molecule is Cc1nc2ccccc2n(CC(=O)Nc2nc(-c3ccccn3)cs2)c1=O. The average molecular weight is 377 g/mol. The number of aromatic nitrogens is 4. The molecule has 3 heterocycles. The van der Waals surface area contributed by atoms with E-state index in [4.69, 9.17) is 0 Å². The molecule has 0 aliphatic rings. The van der Waals surface area contributed by atoms with Crippen molar-refractivity contribution in [2.24, 2.45) is 0 Å². The van der Waals surface area contributed by atoms with Gasteiger partial charge in [0.1, 0.15) is 17.9 Å². The minimum absolute atomic E-state index is 0.110. The first-order valence-corrected chi connectivity index (χ1v) is 9.13. The van der Waals surface area contributed by atoms with Gasteiger partial charge in [-0.2, -0.15) is 0 Å². The molecule has 4 rings (SSSR count). The molecule has 1 amide bonds. The van der Waals surface area contributed by atoms with Crippen LogP contribution < -0.4 is 10.9 Å². The number of hydrogen-bond acceptors (Lipinski definition) is 6. The van der Waals surface area contributed by atoms with E-state index < -0.39 is 0 Å². The highest BCUT2D eigenvalue weighted by molar-refractivity contribution is 7.14. The summed E-state index contributed by atoms with van der Waals surface area (Å²) in [6, 6.07) is 12.8. The van der Waals surface area contributed by atoms with E-state index in [0.717, 1.165) is 5.69 Å². The summed E-state index contributed by atoms with van der Waals surface area (Å²) in [5.74, 6) is -0.324. The molecule has 0 spiro atoms. The molecule has 1 N–H and O–H groups in total. The fraction of sp³-hybridized carbons (Fsp3) is 0.105. The van der Waals surface area contributed by atoms with Crippen molar-refractivity contribution in [3.8, 4) is 11.4 Å². The van der Waals surface area contributed by atoms with Crippen molar-refractivity contribution in [1.29, 1.82) is 0 Å². The van der Waals surface area contributed by atoms with Crippen LogP contribution in [-0.4, -0.2) is 25.4 Å². The minimum atomic E-state index is -0.324. The number of pyridine rings is 1. The number of rotatable bonds is 4. The Balaban J connectivity index is 1.57. The Hall–Kier alpha value is -3.39. The van der Waals surface area contributed by atoms with E-state index in [-0.39, 0.29) is 18.0 Å². The van der Waals surface area contributed by atoms with Gasteiger partial charge in [0.25, 0.3) is 5.56 Å². The number of carbonyl (C=O) groups excluding carboxylic acids is 1. The van der Waals surface area contributed by atoms with Gasteiger partial charge in [-0.25, -0.2) is 9.97 Å². The number of aryl methyl sites for hydroxylation is 1. The highest BCUT2D eigenvalue weighted by Crippen LogP contribution is 2.23. The molecule has 0 aliphatic heterocycles. The van der Waals surface area contributed by atoms with Gasteiger partial charge in [-0.15, -0.1) is 11.3 Å². The Morgan fingerprint density at radius 1 is 1.11 bits per heavy atom. The highest BCUT2D eigenvalue weighted by Gasteiger charge is 2.13. The third kappa shape index (κ3) is 3.47. The molecule has 0 fully saturated rings. The Morgan fingerprint density at radius 2 is 1.93 bits per heavy atom. The molecule has 7 nitrogen and oxygen atoms in total. The largest absolute Gasteiger partial charge is 0.300 e. The summed E-state index contributed by atoms with van der Waals surface area (Å²) < 4.78 is 1.43. The van der Waals surface area contributed by atoms with Gasteiger partial charge in [-0.3, -0.25) is 19.1 Å². The number of thiazole rings is 1. The maximum Gasteiger partial charge on any atom is 0.272 e. The first kappa shape index (κ1) is 17.0. The van der Waals surface area contributed by atoms with Crippen LogP contribution in [0, 0.1) is 6.92 Å². The number of benzene rings is 1. The van der Waals surface area contributed by atoms with Gasteiger partial charge in [0, 0.05) is 11.6 Å². The Labute approximate surface area is 158 Å². The molecule has 0 radical (unpaired) electrons. The van der Waals surface area contributed by atoms with Crippen LogP contribution in [0.3, 0.4) is 0 Å². The predicted molar refractivity (Wildman–Crippen MR) is 105 cm³/mol. The number of nitrogens with one attached hydrogen (secondary N) is 1. The highest BCUT2D eigenvalue weighted by atomic mass is 32.1. The van der Waals surface area contributed by atoms with Crippen molar-refractivity contribution in [3.63, 3.8) is 0 Å². The lowest BCUT2D eigenvalue weighted by atomic mass is 10.2. The molecule has 134 valence electrons. The molecule has 0 atom stereocenters. The molecule has 0 saturated carbocycles. The Morgan fingerprint density at radius 3 is 2.74 bits per heavy atom. The molecule has 0 unspecified atom stereocenters. The fourth-order valence-electron chi connectivity index (χ4n) is 2.74. The summed E-state index contributed by atoms with van der Waals surface area (Å²) in [5.41, 5.74) is 2.80. The summed E-state index contributed by atoms with van der Waals surface area (Å²) in [4.78, 5) is 37.9. The lowest BCUT2D eigenvalue weighted by Gasteiger charge is -2.10. The number of para-hydroxylation sites is 2. The third-order valence-corrected chi connectivity index (χ3v) is 4.75. The van der Waals surface area contributed by atoms with Crippen LogP contribution in [0.2, 0.25) is 0 Å². The predicted octanol–water partition coefficient (Wildman–Crippen LogP) is 2.86. The molecule has 0 aliphatic carbocycles. The summed E-state index contributed by atoms with van der Waals surface area (Å²) in [7, 11) is 0. The van der Waals surface area contributed by atoms with Crippen LogP contribution in [0.15, 0.2) is 58.8 Å². The second-order valence-corrected chi connectivity index (χ2v) is 6.74. The third-order valence-electron chi connectivity index (χ3n) is 3.99. The number of amides is 1. The smallest absolute Gasteiger partial charge is 0.272 e. The fourth-order valence-corrected chi connectivity index (χ4v) is 3.46. The Bertz CT molecular complexity index is 1180. The summed E-state index contributed by atoms with van der Waals surface area (Å²) in [6.07, 6.45) is 1.69. The van der Waals surface area contributed by atoms with Gasteiger partial charge < -0.3 is 5.32 Å². The molecule has 0 saturated heterocycles. The average Bonchev–Trinajstić information content (AvgIpc) is 3.14. The van der Waals surface area contributed by atoms with Gasteiger partial charge in [0.15, 0.2) is 5.13 Å². The number of fused-ring (bicyclic) bond motifs is 1. The van der Waals surface area contributed by atoms with E-state index in [9.17, 15) is 9.59 Å². The molecule has 27 heavy (non-hydrogen) atoms. The van der Waals surface area contributed by atoms with Crippen LogP contribution in [0.25, 0.3) is 22.4 Å². The zero-order chi connectivity index (χ0) is 18.8. The van der Waals surface area contributed by atoms with Crippen LogP contribution in [0.4, 0.5) is 5.13 Å². The molecule has 1 aromatic carbocycles. The zero-order valence-corrected chi connectivity index (χ0v) is 15.2. The van der Waals surface area contributed by atoms with Gasteiger partial charge in [0.2, 0.25) is 5.91 Å². The van der Waals surface area contributed by atoms with Gasteiger partial charge in [0.05, 0.1) is 16.7 Å². The van der Waals surface area contributed by atoms with Crippen molar-refractivity contribution in [3.05, 3.63) is 70.1 Å². The monoisotopic (exact) mass is 377 g/mol. The first-order chi connectivity index (χ1) is 13.1. The van der Waals surface area contributed by atoms with Crippen molar-refractivity contribution >= 4 is 33.4 Å². The number of anilines is 1. The maximum atomic E-state index is 12.5. The van der Waals surface area contributed by atoms with Crippen molar-refractivity contribution < 1.29 is 4.79 Å². The molecular formula is C19H15N5O2S. The second kappa shape index (κ2) is 7.08. The van der Waals surface area contributed by atoms with E-state index in [1.54, 1.807) is 19.2 Å². The van der Waals surface area contributed by atoms with Crippen molar-refractivity contribution in [1.82, 2.24) is 19.5 Å². The van der Waals surface area contributed by atoms with Gasteiger partial charge >= 0.3 is 0 Å². The molecular weight excluding hydrogens is 362 g/mol. The van der Waals surface area contributed by atoms with Crippen molar-refractivity contribution in [2.75, 3.05) is 5.32 Å². The summed E-state index contributed by atoms with van der Waals surface area (Å²) >= 11 is 1.31. The van der Waals surface area contributed by atoms with E-state index in [2.05, 4.69) is 20.3 Å². The molecule has 4 aromatic rings. The lowest BCUT2D eigenvalue weighted by molar-refractivity contribution is -0.116. The van der Waals surface area contributed by atoms with Gasteiger partial charge in [-0.05, 0) is 31.2 Å². The van der Waals surface area contributed by atoms with Gasteiger partial charge in [-0.1, -0.05) is 18.2 Å². The molecule has 0 bridgehead atoms. The summed E-state index contributed by atoms with van der Waals surface area (Å²) in [6.45, 7) is 1.53. The van der Waals surface area contributed by atoms with E-state index in [0.29, 0.717) is 27.6 Å². The quantitative estimate of drug-likeness (QED) is 0.591. The van der Waals surface area contributed by atoms with Crippen molar-refractivity contribution in [2.45, 2.75) is 13.5 Å². The molecule has 3 aromatic heterocycles. The van der Waals surface area contributed by atoms with Crippen LogP contribution in [0.5, 0.6) is 0 Å². The Kier molecular flexibility index (Phi) is 4.47. The minimum Gasteiger partial charge on any atom is -0.300 e. The number of nitrogens with zero attached hydrogens (tertiary/aromatic N) is 4. The standard InChI is InChI=1S/C19H15N5O2S/c1-12-18(26)24(16-8-3-2-7-14(16)21-12)10-17(25)23-19-22-15(11-27-19)13-6-4-5-9-20-13/h2-9,11H,10H2,1H3,(H,22,23,25). The van der Waals surface area contributed by atoms with E-state index in [1.165, 1.54) is 15.9 Å². The maximum absolute atomic E-state index is 12.5. The number of carbonyl (C=O) groups is 1. The van der Waals surface area contributed by atoms with Crippen LogP contribution >= 0.6 is 11.3 Å². The number of hydrogen-bond donors (Lipinski definition) is 1. The lowest BCUT2D eigenvalue weighted by Crippen LogP contribution is -2.30. The second-order valence-electron chi connectivity index (χ2n) is 5.88. The normalized spacial score (nSPS) is 10.9. The van der Waals surface area contributed by atoms with Crippen LogP contribution in [-0.2, 0) is 11.3 Å². The topological polar surface area (TPSA) is 89.8 Å². The summed E-state index contributed by atoms with van der Waals surface area (Å²) in [5, 5.41) is 5.04. The van der Waals surface area contributed by atoms with Crippen LogP contribution in [0.1, 0.15) is 5.69 Å². The zero-order valence-electron chi connectivity index (χ0n) is 14.4.